The minimum Gasteiger partial charge on any atom is -0.396 e. The zero-order valence-electron chi connectivity index (χ0n) is 15.6. The fourth-order valence-corrected chi connectivity index (χ4v) is 4.40. The third-order valence-corrected chi connectivity index (χ3v) is 6.48. The Labute approximate surface area is 150 Å². The van der Waals surface area contributed by atoms with Crippen molar-refractivity contribution in [2.45, 2.75) is 109 Å². The second-order valence-corrected chi connectivity index (χ2v) is 8.74. The molecule has 0 atom stereocenters. The molecule has 1 rings (SSSR count). The Morgan fingerprint density at radius 1 is 0.609 bits per heavy atom. The molecule has 0 heterocycles. The van der Waals surface area contributed by atoms with Crippen LogP contribution in [0.5, 0.6) is 0 Å². The molecule has 23 heavy (non-hydrogen) atoms. The lowest BCUT2D eigenvalue weighted by Gasteiger charge is -2.24. The predicted octanol–water partition coefficient (Wildman–Crippen LogP) is 6.97. The van der Waals surface area contributed by atoms with E-state index in [0.717, 1.165) is 18.1 Å². The van der Waals surface area contributed by atoms with Gasteiger partial charge in [-0.05, 0) is 30.3 Å². The molecule has 0 radical (unpaired) electrons. The molecule has 0 aromatic heterocycles. The van der Waals surface area contributed by atoms with Crippen LogP contribution in [0, 0.1) is 5.92 Å². The van der Waals surface area contributed by atoms with Crippen LogP contribution >= 0.6 is 11.8 Å². The van der Waals surface area contributed by atoms with Crippen LogP contribution in [0.2, 0.25) is 0 Å². The molecule has 1 N–H and O–H groups in total. The minimum absolute atomic E-state index is 0.355. The fourth-order valence-electron chi connectivity index (χ4n) is 3.46. The van der Waals surface area contributed by atoms with Gasteiger partial charge in [-0.3, -0.25) is 0 Å². The first-order valence-electron chi connectivity index (χ1n) is 10.6. The van der Waals surface area contributed by atoms with Gasteiger partial charge in [0.05, 0.1) is 0 Å². The van der Waals surface area contributed by atoms with E-state index >= 15 is 0 Å². The lowest BCUT2D eigenvalue weighted by atomic mass is 9.81. The molecule has 0 aromatic carbocycles. The molecule has 1 saturated carbocycles. The molecule has 0 unspecified atom stereocenters. The van der Waals surface area contributed by atoms with E-state index in [0.29, 0.717) is 6.61 Å². The Balaban J connectivity index is 1.61. The van der Waals surface area contributed by atoms with E-state index in [9.17, 15) is 0 Å². The van der Waals surface area contributed by atoms with Crippen LogP contribution in [-0.2, 0) is 0 Å². The predicted molar refractivity (Wildman–Crippen MR) is 106 cm³/mol. The van der Waals surface area contributed by atoms with E-state index in [1.165, 1.54) is 108 Å². The van der Waals surface area contributed by atoms with E-state index in [-0.39, 0.29) is 0 Å². The standard InChI is InChI=1S/C21H42OS/c22-18-14-20-23-19-12-10-8-6-4-2-1-3-5-7-9-11-15-21-16-13-17-21/h21-22H,1-20H2. The van der Waals surface area contributed by atoms with Crippen molar-refractivity contribution in [3.63, 3.8) is 0 Å². The van der Waals surface area contributed by atoms with Gasteiger partial charge in [0.1, 0.15) is 0 Å². The molecule has 1 aliphatic carbocycles. The highest BCUT2D eigenvalue weighted by molar-refractivity contribution is 7.99. The van der Waals surface area contributed by atoms with Crippen LogP contribution in [0.15, 0.2) is 0 Å². The van der Waals surface area contributed by atoms with Gasteiger partial charge in [-0.1, -0.05) is 96.3 Å². The summed E-state index contributed by atoms with van der Waals surface area (Å²) in [6.45, 7) is 0.355. The molecule has 1 nitrogen and oxygen atoms in total. The first-order valence-corrected chi connectivity index (χ1v) is 11.8. The van der Waals surface area contributed by atoms with E-state index < -0.39 is 0 Å². The van der Waals surface area contributed by atoms with E-state index in [1.807, 2.05) is 11.8 Å². The molecule has 0 aliphatic heterocycles. The molecule has 0 aromatic rings. The van der Waals surface area contributed by atoms with Gasteiger partial charge in [0, 0.05) is 6.61 Å². The highest BCUT2D eigenvalue weighted by Crippen LogP contribution is 2.31. The molecule has 138 valence electrons. The second kappa shape index (κ2) is 17.1. The normalized spacial score (nSPS) is 15.0. The first-order chi connectivity index (χ1) is 11.4. The zero-order valence-corrected chi connectivity index (χ0v) is 16.4. The van der Waals surface area contributed by atoms with Crippen molar-refractivity contribution >= 4 is 11.8 Å². The summed E-state index contributed by atoms with van der Waals surface area (Å²) in [5, 5.41) is 8.70. The average Bonchev–Trinajstić information content (AvgIpc) is 2.52. The molecule has 0 amide bonds. The van der Waals surface area contributed by atoms with Crippen LogP contribution in [0.4, 0.5) is 0 Å². The molecule has 0 spiro atoms. The SMILES string of the molecule is OCCCSCCCCCCCCCCCCCCC1CCC1. The summed E-state index contributed by atoms with van der Waals surface area (Å²) in [6, 6.07) is 0. The minimum atomic E-state index is 0.355. The summed E-state index contributed by atoms with van der Waals surface area (Å²) in [4.78, 5) is 0. The molecular weight excluding hydrogens is 300 g/mol. The lowest BCUT2D eigenvalue weighted by molar-refractivity contribution is 0.286. The molecule has 2 heteroatoms. The number of aliphatic hydroxyl groups excluding tert-OH is 1. The van der Waals surface area contributed by atoms with Crippen molar-refractivity contribution in [2.75, 3.05) is 18.1 Å². The highest BCUT2D eigenvalue weighted by atomic mass is 32.2. The van der Waals surface area contributed by atoms with Crippen molar-refractivity contribution in [1.82, 2.24) is 0 Å². The van der Waals surface area contributed by atoms with Crippen LogP contribution in [0.1, 0.15) is 109 Å². The Kier molecular flexibility index (Phi) is 15.9. The molecule has 1 aliphatic rings. The number of aliphatic hydroxyl groups is 1. The van der Waals surface area contributed by atoms with Crippen LogP contribution in [0.25, 0.3) is 0 Å². The van der Waals surface area contributed by atoms with Gasteiger partial charge in [-0.15, -0.1) is 0 Å². The van der Waals surface area contributed by atoms with Gasteiger partial charge in [-0.25, -0.2) is 0 Å². The second-order valence-electron chi connectivity index (χ2n) is 7.52. The molecule has 0 bridgehead atoms. The topological polar surface area (TPSA) is 20.2 Å². The molecule has 0 saturated heterocycles. The summed E-state index contributed by atoms with van der Waals surface area (Å²) in [5.41, 5.74) is 0. The molecular formula is C21H42OS. The number of unbranched alkanes of at least 4 members (excludes halogenated alkanes) is 11. The number of hydrogen-bond acceptors (Lipinski definition) is 2. The van der Waals surface area contributed by atoms with Crippen molar-refractivity contribution in [1.29, 1.82) is 0 Å². The number of thioether (sulfide) groups is 1. The zero-order chi connectivity index (χ0) is 16.4. The van der Waals surface area contributed by atoms with E-state index in [1.54, 1.807) is 0 Å². The third-order valence-electron chi connectivity index (χ3n) is 5.32. The van der Waals surface area contributed by atoms with Crippen molar-refractivity contribution in [3.05, 3.63) is 0 Å². The number of rotatable bonds is 18. The summed E-state index contributed by atoms with van der Waals surface area (Å²) in [5.74, 6) is 3.55. The van der Waals surface area contributed by atoms with Gasteiger partial charge in [0.25, 0.3) is 0 Å². The number of hydrogen-bond donors (Lipinski definition) is 1. The Bertz CT molecular complexity index is 228. The van der Waals surface area contributed by atoms with Crippen molar-refractivity contribution in [2.24, 2.45) is 5.92 Å². The third kappa shape index (κ3) is 14.4. The summed E-state index contributed by atoms with van der Waals surface area (Å²) >= 11 is 2.01. The summed E-state index contributed by atoms with van der Waals surface area (Å²) < 4.78 is 0. The first kappa shape index (κ1) is 21.4. The van der Waals surface area contributed by atoms with Crippen LogP contribution in [0.3, 0.4) is 0 Å². The maximum atomic E-state index is 8.70. The monoisotopic (exact) mass is 342 g/mol. The highest BCUT2D eigenvalue weighted by Gasteiger charge is 2.15. The lowest BCUT2D eigenvalue weighted by Crippen LogP contribution is -2.10. The summed E-state index contributed by atoms with van der Waals surface area (Å²) in [7, 11) is 0. The van der Waals surface area contributed by atoms with Gasteiger partial charge in [-0.2, -0.15) is 11.8 Å². The Hall–Kier alpha value is 0.310. The van der Waals surface area contributed by atoms with Gasteiger partial charge >= 0.3 is 0 Å². The molecule has 1 fully saturated rings. The fraction of sp³-hybridized carbons (Fsp3) is 1.00. The Morgan fingerprint density at radius 2 is 1.09 bits per heavy atom. The van der Waals surface area contributed by atoms with Crippen molar-refractivity contribution < 1.29 is 5.11 Å². The largest absolute Gasteiger partial charge is 0.396 e. The van der Waals surface area contributed by atoms with Gasteiger partial charge in [0.2, 0.25) is 0 Å². The van der Waals surface area contributed by atoms with Crippen LogP contribution in [-0.4, -0.2) is 23.2 Å². The van der Waals surface area contributed by atoms with Gasteiger partial charge in [0.15, 0.2) is 0 Å². The van der Waals surface area contributed by atoms with E-state index in [2.05, 4.69) is 0 Å². The van der Waals surface area contributed by atoms with Gasteiger partial charge < -0.3 is 5.11 Å². The van der Waals surface area contributed by atoms with E-state index in [4.69, 9.17) is 5.11 Å². The van der Waals surface area contributed by atoms with Crippen molar-refractivity contribution in [3.8, 4) is 0 Å². The average molecular weight is 343 g/mol. The Morgan fingerprint density at radius 3 is 1.57 bits per heavy atom. The smallest absolute Gasteiger partial charge is 0.0438 e. The van der Waals surface area contributed by atoms with Crippen LogP contribution < -0.4 is 0 Å². The quantitative estimate of drug-likeness (QED) is 0.271. The maximum Gasteiger partial charge on any atom is 0.0438 e. The maximum absolute atomic E-state index is 8.70. The summed E-state index contributed by atoms with van der Waals surface area (Å²) in [6.07, 6.45) is 24.6.